The molecule has 0 radical (unpaired) electrons. The highest BCUT2D eigenvalue weighted by atomic mass is 15.2. The van der Waals surface area contributed by atoms with Crippen LogP contribution in [0, 0.1) is 13.8 Å². The van der Waals surface area contributed by atoms with Crippen molar-refractivity contribution in [2.24, 2.45) is 0 Å². The Morgan fingerprint density at radius 2 is 1.13 bits per heavy atom. The van der Waals surface area contributed by atoms with Crippen LogP contribution in [0.3, 0.4) is 0 Å². The largest absolute Gasteiger partial charge is 0.376 e. The van der Waals surface area contributed by atoms with E-state index in [2.05, 4.69) is 224 Å². The Morgan fingerprint density at radius 3 is 1.87 bits per heavy atom. The smallest absolute Gasteiger partial charge is 0.333 e. The fraction of sp³-hybridized carbons (Fsp3) is 0.0877. The summed E-state index contributed by atoms with van der Waals surface area (Å²) in [7, 11) is 0. The van der Waals surface area contributed by atoms with Crippen LogP contribution in [0.5, 0.6) is 0 Å². The van der Waals surface area contributed by atoms with Gasteiger partial charge < -0.3 is 14.3 Å². The minimum Gasteiger partial charge on any atom is -0.376 e. The molecule has 0 N–H and O–H groups in total. The molecule has 13 rings (SSSR count). The lowest BCUT2D eigenvalue weighted by Crippen LogP contribution is -2.60. The zero-order valence-electron chi connectivity index (χ0n) is 34.7. The number of aryl methyl sites for hydroxylation is 2. The second-order valence-corrected chi connectivity index (χ2v) is 17.9. The van der Waals surface area contributed by atoms with Gasteiger partial charge in [-0.25, -0.2) is 0 Å². The monoisotopic (exact) mass is 779 g/mol. The van der Waals surface area contributed by atoms with Gasteiger partial charge in [0.15, 0.2) is 0 Å². The number of aromatic nitrogens is 1. The molecule has 1 aromatic heterocycles. The maximum atomic E-state index is 2.67. The molecule has 3 nitrogen and oxygen atoms in total. The molecule has 4 heteroatoms. The van der Waals surface area contributed by atoms with Crippen molar-refractivity contribution in [1.82, 2.24) is 4.57 Å². The maximum Gasteiger partial charge on any atom is 0.333 e. The van der Waals surface area contributed by atoms with Crippen LogP contribution in [0.1, 0.15) is 36.1 Å². The van der Waals surface area contributed by atoms with Crippen LogP contribution in [-0.4, -0.2) is 11.4 Å². The topological polar surface area (TPSA) is 11.4 Å². The third-order valence-corrected chi connectivity index (χ3v) is 14.0. The van der Waals surface area contributed by atoms with Gasteiger partial charge >= 0.3 is 6.85 Å². The number of nitrogens with zero attached hydrogens (tertiary/aromatic N) is 3. The third-order valence-electron chi connectivity index (χ3n) is 14.0. The highest BCUT2D eigenvalue weighted by Crippen LogP contribution is 2.56. The Morgan fingerprint density at radius 1 is 0.508 bits per heavy atom. The van der Waals surface area contributed by atoms with E-state index in [1.807, 2.05) is 0 Å². The Hall–Kier alpha value is -7.30. The molecule has 2 aliphatic heterocycles. The summed E-state index contributed by atoms with van der Waals surface area (Å²) in [5.74, 6) is 0. The van der Waals surface area contributed by atoms with Crippen molar-refractivity contribution in [2.45, 2.75) is 33.1 Å². The summed E-state index contributed by atoms with van der Waals surface area (Å²) in [6.45, 7) is 9.20. The van der Waals surface area contributed by atoms with Gasteiger partial charge in [-0.3, -0.25) is 0 Å². The van der Waals surface area contributed by atoms with Crippen LogP contribution in [0.2, 0.25) is 0 Å². The summed E-state index contributed by atoms with van der Waals surface area (Å²) in [5.41, 5.74) is 22.6. The van der Waals surface area contributed by atoms with Crippen molar-refractivity contribution in [3.8, 4) is 27.9 Å². The maximum absolute atomic E-state index is 2.67. The van der Waals surface area contributed by atoms with E-state index in [-0.39, 0.29) is 12.3 Å². The molecule has 10 aromatic rings. The third kappa shape index (κ3) is 4.71. The summed E-state index contributed by atoms with van der Waals surface area (Å²) in [5, 5.41) is 5.09. The molecule has 9 aromatic carbocycles. The zero-order chi connectivity index (χ0) is 40.7. The molecule has 3 heterocycles. The first-order valence-corrected chi connectivity index (χ1v) is 21.5. The van der Waals surface area contributed by atoms with Crippen LogP contribution in [-0.2, 0) is 5.41 Å². The number of anilines is 5. The Bertz CT molecular complexity index is 3430. The van der Waals surface area contributed by atoms with Crippen molar-refractivity contribution in [3.63, 3.8) is 0 Å². The molecule has 288 valence electrons. The Balaban J connectivity index is 1.22. The first-order chi connectivity index (χ1) is 29.8. The minimum absolute atomic E-state index is 0.0705. The molecule has 3 aliphatic rings. The van der Waals surface area contributed by atoms with Crippen molar-refractivity contribution < 1.29 is 0 Å². The van der Waals surface area contributed by atoms with Crippen molar-refractivity contribution in [1.29, 1.82) is 0 Å². The Kier molecular flexibility index (Phi) is 7.01. The fourth-order valence-corrected chi connectivity index (χ4v) is 11.2. The van der Waals surface area contributed by atoms with Gasteiger partial charge in [0.1, 0.15) is 0 Å². The number of fused-ring (bicyclic) bond motifs is 12. The quantitative estimate of drug-likeness (QED) is 0.165. The molecule has 1 aliphatic carbocycles. The van der Waals surface area contributed by atoms with Gasteiger partial charge in [-0.15, -0.1) is 0 Å². The van der Waals surface area contributed by atoms with E-state index in [9.17, 15) is 0 Å². The summed E-state index contributed by atoms with van der Waals surface area (Å²) in [6, 6.07) is 68.6. The molecule has 0 fully saturated rings. The Labute approximate surface area is 356 Å². The fourth-order valence-electron chi connectivity index (χ4n) is 11.2. The molecule has 0 saturated heterocycles. The first-order valence-electron chi connectivity index (χ1n) is 21.5. The lowest BCUT2D eigenvalue weighted by Gasteiger charge is -2.43. The summed E-state index contributed by atoms with van der Waals surface area (Å²) in [6.07, 6.45) is 0. The van der Waals surface area contributed by atoms with Crippen LogP contribution >= 0.6 is 0 Å². The van der Waals surface area contributed by atoms with Gasteiger partial charge in [-0.2, -0.15) is 0 Å². The average Bonchev–Trinajstić information content (AvgIpc) is 3.74. The van der Waals surface area contributed by atoms with Gasteiger partial charge in [-0.05, 0) is 142 Å². The number of rotatable bonds is 4. The average molecular weight is 780 g/mol. The zero-order valence-corrected chi connectivity index (χ0v) is 34.7. The number of benzene rings is 9. The molecule has 0 bridgehead atoms. The number of para-hydroxylation sites is 3. The summed E-state index contributed by atoms with van der Waals surface area (Å²) >= 11 is 0. The molecule has 0 saturated carbocycles. The predicted molar refractivity (Wildman–Crippen MR) is 259 cm³/mol. The predicted octanol–water partition coefficient (Wildman–Crippen LogP) is 13.6. The standard InChI is InChI=1S/C57H42BN3/c1-35-23-26-41(27-24-35)61-52-33-44-43-30-37-15-11-12-16-38(37)31-47(43)57(3,4)48(44)32-45(52)46-34-53(59(39-17-7-5-8-18-39)40-19-9-6-10-20-40)54-42-21-13-14-22-50(42)60-51-28-25-36(2)29-49(51)58(61)55(46)56(54)60/h5-34H,1-4H3. The van der Waals surface area contributed by atoms with Gasteiger partial charge in [0, 0.05) is 50.2 Å². The normalized spacial score (nSPS) is 14.0. The molecule has 0 amide bonds. The SMILES string of the molecule is Cc1ccc(N2B3c4cc(C)ccc4-n4c5ccccc5c5c(N(c6ccccc6)c6ccccc6)cc(c3c54)-c3cc4c(cc32)-c2cc3ccccc3cc2C4(C)C)cc1. The van der Waals surface area contributed by atoms with E-state index >= 15 is 0 Å². The molecule has 0 atom stereocenters. The van der Waals surface area contributed by atoms with Crippen LogP contribution in [0.25, 0.3) is 60.5 Å². The van der Waals surface area contributed by atoms with E-state index < -0.39 is 0 Å². The van der Waals surface area contributed by atoms with Crippen molar-refractivity contribution >= 4 is 78.8 Å². The molecule has 61 heavy (non-hydrogen) atoms. The van der Waals surface area contributed by atoms with E-state index in [1.54, 1.807) is 0 Å². The van der Waals surface area contributed by atoms with Gasteiger partial charge in [0.2, 0.25) is 0 Å². The van der Waals surface area contributed by atoms with Crippen LogP contribution < -0.4 is 20.6 Å². The van der Waals surface area contributed by atoms with E-state index in [4.69, 9.17) is 0 Å². The van der Waals surface area contributed by atoms with Crippen molar-refractivity contribution in [2.75, 3.05) is 9.71 Å². The number of hydrogen-bond acceptors (Lipinski definition) is 2. The first kappa shape index (κ1) is 34.6. The van der Waals surface area contributed by atoms with Gasteiger partial charge in [-0.1, -0.05) is 128 Å². The summed E-state index contributed by atoms with van der Waals surface area (Å²) in [4.78, 5) is 5.16. The van der Waals surface area contributed by atoms with Crippen LogP contribution in [0.15, 0.2) is 182 Å². The van der Waals surface area contributed by atoms with Crippen LogP contribution in [0.4, 0.5) is 28.4 Å². The second kappa shape index (κ2) is 12.4. The van der Waals surface area contributed by atoms with Crippen molar-refractivity contribution in [3.05, 3.63) is 204 Å². The van der Waals surface area contributed by atoms with E-state index in [0.717, 1.165) is 11.4 Å². The lowest BCUT2D eigenvalue weighted by atomic mass is 9.43. The van der Waals surface area contributed by atoms with E-state index in [0.29, 0.717) is 0 Å². The molecular weight excluding hydrogens is 737 g/mol. The highest BCUT2D eigenvalue weighted by molar-refractivity contribution is 6.93. The molecule has 0 unspecified atom stereocenters. The minimum atomic E-state index is -0.196. The summed E-state index contributed by atoms with van der Waals surface area (Å²) < 4.78 is 2.59. The lowest BCUT2D eigenvalue weighted by molar-refractivity contribution is 0.661. The molecular formula is C57H42BN3. The van der Waals surface area contributed by atoms with Gasteiger partial charge in [0.05, 0.1) is 16.7 Å². The highest BCUT2D eigenvalue weighted by Gasteiger charge is 2.47. The molecule has 0 spiro atoms. The van der Waals surface area contributed by atoms with Gasteiger partial charge in [0.25, 0.3) is 0 Å². The van der Waals surface area contributed by atoms with E-state index in [1.165, 1.54) is 111 Å². The second-order valence-electron chi connectivity index (χ2n) is 17.9. The number of hydrogen-bond donors (Lipinski definition) is 0.